The Labute approximate surface area is 160 Å². The van der Waals surface area contributed by atoms with E-state index in [1.807, 2.05) is 31.2 Å². The fraction of sp³-hybridized carbons (Fsp3) is 0.333. The highest BCUT2D eigenvalue weighted by molar-refractivity contribution is 5.94. The molecule has 0 unspecified atom stereocenters. The number of carbonyl (C=O) groups excluding carboxylic acids is 1. The molecular weight excluding hydrogens is 343 g/mol. The van der Waals surface area contributed by atoms with Gasteiger partial charge in [0.15, 0.2) is 5.96 Å². The topological polar surface area (TPSA) is 65.5 Å². The van der Waals surface area contributed by atoms with Gasteiger partial charge in [0, 0.05) is 32.2 Å². The van der Waals surface area contributed by atoms with E-state index in [1.165, 1.54) is 6.07 Å². The molecule has 0 aliphatic carbocycles. The molecule has 6 heteroatoms. The zero-order valence-corrected chi connectivity index (χ0v) is 15.9. The Balaban J connectivity index is 1.62. The lowest BCUT2D eigenvalue weighted by molar-refractivity contribution is 0.0953. The molecule has 1 amide bonds. The van der Waals surface area contributed by atoms with Gasteiger partial charge in [-0.05, 0) is 55.2 Å². The number of hydrogen-bond acceptors (Lipinski definition) is 2. The summed E-state index contributed by atoms with van der Waals surface area (Å²) in [6, 6.07) is 14.0. The summed E-state index contributed by atoms with van der Waals surface area (Å²) in [6.07, 6.45) is 1.58. The quantitative estimate of drug-likeness (QED) is 0.380. The van der Waals surface area contributed by atoms with Gasteiger partial charge in [0.1, 0.15) is 5.82 Å². The molecule has 0 aliphatic heterocycles. The minimum Gasteiger partial charge on any atom is -0.356 e. The monoisotopic (exact) mass is 370 g/mol. The predicted octanol–water partition coefficient (Wildman–Crippen LogP) is 2.66. The van der Waals surface area contributed by atoms with Crippen molar-refractivity contribution in [1.29, 1.82) is 0 Å². The second kappa shape index (κ2) is 11.0. The summed E-state index contributed by atoms with van der Waals surface area (Å²) in [7, 11) is 1.72. The highest BCUT2D eigenvalue weighted by atomic mass is 19.1. The molecule has 0 spiro atoms. The van der Waals surface area contributed by atoms with Crippen LogP contribution in [-0.2, 0) is 6.42 Å². The summed E-state index contributed by atoms with van der Waals surface area (Å²) in [6.45, 7) is 3.91. The minimum atomic E-state index is -0.207. The van der Waals surface area contributed by atoms with Crippen molar-refractivity contribution in [1.82, 2.24) is 16.0 Å². The van der Waals surface area contributed by atoms with E-state index in [-0.39, 0.29) is 11.7 Å². The van der Waals surface area contributed by atoms with Crippen LogP contribution >= 0.6 is 0 Å². The van der Waals surface area contributed by atoms with Crippen LogP contribution in [0.3, 0.4) is 0 Å². The van der Waals surface area contributed by atoms with E-state index >= 15 is 0 Å². The van der Waals surface area contributed by atoms with Crippen LogP contribution in [0.5, 0.6) is 0 Å². The number of amides is 1. The number of rotatable bonds is 8. The summed E-state index contributed by atoms with van der Waals surface area (Å²) < 4.78 is 13.1. The van der Waals surface area contributed by atoms with Gasteiger partial charge in [0.05, 0.1) is 0 Å². The van der Waals surface area contributed by atoms with Gasteiger partial charge >= 0.3 is 0 Å². The van der Waals surface area contributed by atoms with E-state index in [2.05, 4.69) is 20.9 Å². The van der Waals surface area contributed by atoms with Crippen LogP contribution in [0.25, 0.3) is 0 Å². The van der Waals surface area contributed by atoms with Gasteiger partial charge in [-0.1, -0.05) is 24.3 Å². The van der Waals surface area contributed by atoms with Gasteiger partial charge in [-0.2, -0.15) is 0 Å². The Morgan fingerprint density at radius 1 is 1.00 bits per heavy atom. The van der Waals surface area contributed by atoms with Crippen molar-refractivity contribution >= 4 is 11.9 Å². The Kier molecular flexibility index (Phi) is 8.29. The van der Waals surface area contributed by atoms with E-state index in [1.54, 1.807) is 25.2 Å². The average molecular weight is 370 g/mol. The Bertz CT molecular complexity index is 762. The standard InChI is InChI=1S/C21H27FN4O/c1-16-15-19(22)10-9-17(16)11-14-26-21(23-2)25-13-6-12-24-20(27)18-7-4-3-5-8-18/h3-5,7-10,15H,6,11-14H2,1-2H3,(H,24,27)(H2,23,25,26). The van der Waals surface area contributed by atoms with E-state index in [0.29, 0.717) is 31.2 Å². The van der Waals surface area contributed by atoms with Gasteiger partial charge in [-0.15, -0.1) is 0 Å². The minimum absolute atomic E-state index is 0.0622. The van der Waals surface area contributed by atoms with E-state index in [9.17, 15) is 9.18 Å². The molecule has 0 aliphatic rings. The first kappa shape index (κ1) is 20.4. The average Bonchev–Trinajstić information content (AvgIpc) is 2.68. The maximum atomic E-state index is 13.1. The van der Waals surface area contributed by atoms with Crippen molar-refractivity contribution in [3.05, 3.63) is 71.0 Å². The summed E-state index contributed by atoms with van der Waals surface area (Å²) in [5.74, 6) is 0.443. The summed E-state index contributed by atoms with van der Waals surface area (Å²) in [4.78, 5) is 16.1. The van der Waals surface area contributed by atoms with Crippen molar-refractivity contribution in [3.8, 4) is 0 Å². The number of aliphatic imine (C=N–C) groups is 1. The van der Waals surface area contributed by atoms with Gasteiger partial charge in [-0.3, -0.25) is 9.79 Å². The number of benzene rings is 2. The number of halogens is 1. The molecular formula is C21H27FN4O. The SMILES string of the molecule is CN=C(NCCCNC(=O)c1ccccc1)NCCc1ccc(F)cc1C. The number of carbonyl (C=O) groups is 1. The van der Waals surface area contributed by atoms with Gasteiger partial charge in [0.25, 0.3) is 5.91 Å². The number of hydrogen-bond donors (Lipinski definition) is 3. The molecule has 0 saturated carbocycles. The molecule has 2 aromatic rings. The van der Waals surface area contributed by atoms with Crippen LogP contribution in [0.1, 0.15) is 27.9 Å². The number of guanidine groups is 1. The van der Waals surface area contributed by atoms with E-state index in [4.69, 9.17) is 0 Å². The van der Waals surface area contributed by atoms with Crippen LogP contribution in [0.2, 0.25) is 0 Å². The molecule has 144 valence electrons. The lowest BCUT2D eigenvalue weighted by Gasteiger charge is -2.13. The van der Waals surface area contributed by atoms with Crippen LogP contribution in [0.4, 0.5) is 4.39 Å². The molecule has 0 aromatic heterocycles. The van der Waals surface area contributed by atoms with Crippen LogP contribution < -0.4 is 16.0 Å². The van der Waals surface area contributed by atoms with Crippen LogP contribution in [0, 0.1) is 12.7 Å². The summed E-state index contributed by atoms with van der Waals surface area (Å²) >= 11 is 0. The summed E-state index contributed by atoms with van der Waals surface area (Å²) in [5, 5.41) is 9.36. The molecule has 0 radical (unpaired) electrons. The normalized spacial score (nSPS) is 11.1. The van der Waals surface area contributed by atoms with Crippen LogP contribution in [-0.4, -0.2) is 38.5 Å². The first-order valence-corrected chi connectivity index (χ1v) is 9.13. The third-order valence-electron chi connectivity index (χ3n) is 4.18. The van der Waals surface area contributed by atoms with E-state index < -0.39 is 0 Å². The summed E-state index contributed by atoms with van der Waals surface area (Å²) in [5.41, 5.74) is 2.73. The molecule has 2 aromatic carbocycles. The Morgan fingerprint density at radius 3 is 2.41 bits per heavy atom. The number of nitrogens with one attached hydrogen (secondary N) is 3. The third kappa shape index (κ3) is 7.09. The lowest BCUT2D eigenvalue weighted by atomic mass is 10.1. The van der Waals surface area contributed by atoms with Gasteiger partial charge < -0.3 is 16.0 Å². The smallest absolute Gasteiger partial charge is 0.251 e. The Hall–Kier alpha value is -2.89. The Morgan fingerprint density at radius 2 is 1.70 bits per heavy atom. The molecule has 2 rings (SSSR count). The van der Waals surface area contributed by atoms with Crippen molar-refractivity contribution in [2.24, 2.45) is 4.99 Å². The largest absolute Gasteiger partial charge is 0.356 e. The highest BCUT2D eigenvalue weighted by Crippen LogP contribution is 2.10. The zero-order chi connectivity index (χ0) is 19.5. The zero-order valence-electron chi connectivity index (χ0n) is 15.9. The molecule has 0 saturated heterocycles. The lowest BCUT2D eigenvalue weighted by Crippen LogP contribution is -2.39. The maximum absolute atomic E-state index is 13.1. The first-order chi connectivity index (χ1) is 13.1. The third-order valence-corrected chi connectivity index (χ3v) is 4.18. The molecule has 0 fully saturated rings. The molecule has 5 nitrogen and oxygen atoms in total. The number of nitrogens with zero attached hydrogens (tertiary/aromatic N) is 1. The van der Waals surface area contributed by atoms with Crippen LogP contribution in [0.15, 0.2) is 53.5 Å². The highest BCUT2D eigenvalue weighted by Gasteiger charge is 2.04. The van der Waals surface area contributed by atoms with E-state index in [0.717, 1.165) is 24.0 Å². The molecule has 27 heavy (non-hydrogen) atoms. The van der Waals surface area contributed by atoms with Gasteiger partial charge in [0.2, 0.25) is 0 Å². The molecule has 0 bridgehead atoms. The van der Waals surface area contributed by atoms with Crippen molar-refractivity contribution in [2.45, 2.75) is 19.8 Å². The molecule has 0 heterocycles. The molecule has 0 atom stereocenters. The second-order valence-electron chi connectivity index (χ2n) is 6.22. The molecule has 3 N–H and O–H groups in total. The maximum Gasteiger partial charge on any atom is 0.251 e. The van der Waals surface area contributed by atoms with Crippen molar-refractivity contribution in [2.75, 3.05) is 26.7 Å². The van der Waals surface area contributed by atoms with Gasteiger partial charge in [-0.25, -0.2) is 4.39 Å². The predicted molar refractivity (Wildman–Crippen MR) is 108 cm³/mol. The fourth-order valence-corrected chi connectivity index (χ4v) is 2.66. The van der Waals surface area contributed by atoms with Crippen molar-refractivity contribution in [3.63, 3.8) is 0 Å². The number of aryl methyl sites for hydroxylation is 1. The second-order valence-corrected chi connectivity index (χ2v) is 6.22. The first-order valence-electron chi connectivity index (χ1n) is 9.13. The van der Waals surface area contributed by atoms with Crippen molar-refractivity contribution < 1.29 is 9.18 Å². The fourth-order valence-electron chi connectivity index (χ4n) is 2.66.